The van der Waals surface area contributed by atoms with E-state index in [4.69, 9.17) is 10.00 Å². The van der Waals surface area contributed by atoms with Crippen LogP contribution in [0, 0.1) is 11.3 Å². The monoisotopic (exact) mass is 372 g/mol. The Morgan fingerprint density at radius 2 is 1.71 bits per heavy atom. The van der Waals surface area contributed by atoms with E-state index in [0.717, 1.165) is 36.1 Å². The van der Waals surface area contributed by atoms with Crippen LogP contribution in [0.15, 0.2) is 73.1 Å². The molecule has 2 aromatic carbocycles. The SMILES string of the molecule is CCC.N#Cc1cccc(-c2ccc(OCCCCc3cccnc3)cc2)c1. The van der Waals surface area contributed by atoms with Crippen molar-refractivity contribution in [1.29, 1.82) is 5.26 Å². The zero-order chi connectivity index (χ0) is 20.0. The van der Waals surface area contributed by atoms with E-state index in [0.29, 0.717) is 12.2 Å². The topological polar surface area (TPSA) is 45.9 Å². The second-order valence-corrected chi connectivity index (χ2v) is 6.59. The fourth-order valence-corrected chi connectivity index (χ4v) is 2.68. The molecule has 3 aromatic rings. The Morgan fingerprint density at radius 3 is 2.39 bits per heavy atom. The number of nitriles is 1. The maximum absolute atomic E-state index is 8.99. The van der Waals surface area contributed by atoms with Crippen LogP contribution in [0.5, 0.6) is 5.75 Å². The molecule has 0 aliphatic heterocycles. The number of benzene rings is 2. The lowest BCUT2D eigenvalue weighted by Crippen LogP contribution is -1.98. The van der Waals surface area contributed by atoms with Gasteiger partial charge in [-0.05, 0) is 66.3 Å². The molecule has 0 unspecified atom stereocenters. The van der Waals surface area contributed by atoms with Crippen LogP contribution in [0.2, 0.25) is 0 Å². The first-order valence-corrected chi connectivity index (χ1v) is 9.89. The van der Waals surface area contributed by atoms with Gasteiger partial charge in [0.15, 0.2) is 0 Å². The molecule has 3 nitrogen and oxygen atoms in total. The summed E-state index contributed by atoms with van der Waals surface area (Å²) in [6.07, 6.45) is 8.10. The van der Waals surface area contributed by atoms with E-state index in [9.17, 15) is 0 Å². The lowest BCUT2D eigenvalue weighted by molar-refractivity contribution is 0.307. The Bertz CT molecular complexity index is 852. The fourth-order valence-electron chi connectivity index (χ4n) is 2.68. The second-order valence-electron chi connectivity index (χ2n) is 6.59. The molecule has 144 valence electrons. The molecule has 0 N–H and O–H groups in total. The van der Waals surface area contributed by atoms with Gasteiger partial charge in [0, 0.05) is 12.4 Å². The lowest BCUT2D eigenvalue weighted by atomic mass is 10.0. The third-order valence-corrected chi connectivity index (χ3v) is 4.03. The average Bonchev–Trinajstić information content (AvgIpc) is 2.75. The quantitative estimate of drug-likeness (QED) is 0.448. The molecule has 1 heterocycles. The zero-order valence-electron chi connectivity index (χ0n) is 16.8. The molecule has 0 aliphatic carbocycles. The van der Waals surface area contributed by atoms with Gasteiger partial charge in [-0.15, -0.1) is 0 Å². The Balaban J connectivity index is 0.000000878. The van der Waals surface area contributed by atoms with E-state index >= 15 is 0 Å². The molecule has 0 fully saturated rings. The number of aryl methyl sites for hydroxylation is 1. The molecule has 0 saturated carbocycles. The molecule has 3 rings (SSSR count). The molecular formula is C25H28N2O. The third kappa shape index (κ3) is 7.25. The first-order chi connectivity index (χ1) is 13.8. The van der Waals surface area contributed by atoms with Gasteiger partial charge in [0.1, 0.15) is 5.75 Å². The van der Waals surface area contributed by atoms with Gasteiger partial charge in [-0.3, -0.25) is 4.98 Å². The van der Waals surface area contributed by atoms with Crippen LogP contribution in [-0.4, -0.2) is 11.6 Å². The third-order valence-electron chi connectivity index (χ3n) is 4.03. The van der Waals surface area contributed by atoms with Gasteiger partial charge in [0.05, 0.1) is 18.2 Å². The van der Waals surface area contributed by atoms with Gasteiger partial charge < -0.3 is 4.74 Å². The maximum Gasteiger partial charge on any atom is 0.119 e. The van der Waals surface area contributed by atoms with Gasteiger partial charge >= 0.3 is 0 Å². The minimum absolute atomic E-state index is 0.673. The van der Waals surface area contributed by atoms with Crippen LogP contribution in [0.1, 0.15) is 44.2 Å². The molecule has 0 radical (unpaired) electrons. The van der Waals surface area contributed by atoms with E-state index in [-0.39, 0.29) is 0 Å². The minimum Gasteiger partial charge on any atom is -0.494 e. The lowest BCUT2D eigenvalue weighted by Gasteiger charge is -2.08. The summed E-state index contributed by atoms with van der Waals surface area (Å²) in [5.74, 6) is 0.876. The van der Waals surface area contributed by atoms with Crippen molar-refractivity contribution in [2.24, 2.45) is 0 Å². The van der Waals surface area contributed by atoms with Crippen LogP contribution in [0.4, 0.5) is 0 Å². The molecule has 0 aliphatic rings. The van der Waals surface area contributed by atoms with Crippen LogP contribution >= 0.6 is 0 Å². The molecule has 28 heavy (non-hydrogen) atoms. The van der Waals surface area contributed by atoms with E-state index in [1.165, 1.54) is 12.0 Å². The smallest absolute Gasteiger partial charge is 0.119 e. The normalized spacial score (nSPS) is 9.75. The summed E-state index contributed by atoms with van der Waals surface area (Å²) in [5.41, 5.74) is 4.07. The number of nitrogens with zero attached hydrogens (tertiary/aromatic N) is 2. The summed E-state index contributed by atoms with van der Waals surface area (Å²) in [4.78, 5) is 4.13. The first-order valence-electron chi connectivity index (χ1n) is 9.89. The average molecular weight is 373 g/mol. The Morgan fingerprint density at radius 1 is 0.929 bits per heavy atom. The second kappa shape index (κ2) is 12.3. The van der Waals surface area contributed by atoms with Crippen molar-refractivity contribution < 1.29 is 4.74 Å². The largest absolute Gasteiger partial charge is 0.494 e. The molecular weight excluding hydrogens is 344 g/mol. The van der Waals surface area contributed by atoms with E-state index < -0.39 is 0 Å². The van der Waals surface area contributed by atoms with Gasteiger partial charge in [-0.25, -0.2) is 0 Å². The molecule has 0 saturated heterocycles. The summed E-state index contributed by atoms with van der Waals surface area (Å²) in [6.45, 7) is 4.96. The minimum atomic E-state index is 0.673. The van der Waals surface area contributed by atoms with Crippen molar-refractivity contribution in [2.75, 3.05) is 6.61 Å². The van der Waals surface area contributed by atoms with Crippen LogP contribution in [-0.2, 0) is 6.42 Å². The fraction of sp³-hybridized carbons (Fsp3) is 0.280. The van der Waals surface area contributed by atoms with E-state index in [1.807, 2.05) is 60.8 Å². The van der Waals surface area contributed by atoms with Crippen LogP contribution in [0.3, 0.4) is 0 Å². The molecule has 0 amide bonds. The molecule has 0 spiro atoms. The summed E-state index contributed by atoms with van der Waals surface area (Å²) in [5, 5.41) is 8.99. The summed E-state index contributed by atoms with van der Waals surface area (Å²) >= 11 is 0. The van der Waals surface area contributed by atoms with Gasteiger partial charge in [0.2, 0.25) is 0 Å². The number of hydrogen-bond acceptors (Lipinski definition) is 3. The summed E-state index contributed by atoms with van der Waals surface area (Å²) in [7, 11) is 0. The highest BCUT2D eigenvalue weighted by Crippen LogP contribution is 2.23. The first kappa shape index (κ1) is 21.2. The number of aromatic nitrogens is 1. The van der Waals surface area contributed by atoms with Crippen molar-refractivity contribution in [3.05, 3.63) is 84.2 Å². The highest BCUT2D eigenvalue weighted by Gasteiger charge is 2.01. The standard InChI is InChI=1S/C22H20N2O.C3H8/c23-16-19-6-3-8-21(15-19)20-9-11-22(12-10-20)25-14-2-1-5-18-7-4-13-24-17-18;1-3-2/h3-4,6-13,15,17H,1-2,5,14H2;3H2,1-2H3. The summed E-state index contributed by atoms with van der Waals surface area (Å²) in [6, 6.07) is 21.9. The highest BCUT2D eigenvalue weighted by molar-refractivity contribution is 5.65. The molecule has 0 bridgehead atoms. The van der Waals surface area contributed by atoms with Gasteiger partial charge in [0.25, 0.3) is 0 Å². The summed E-state index contributed by atoms with van der Waals surface area (Å²) < 4.78 is 5.81. The molecule has 0 atom stereocenters. The Hall–Kier alpha value is -3.12. The van der Waals surface area contributed by atoms with E-state index in [2.05, 4.69) is 31.0 Å². The van der Waals surface area contributed by atoms with Gasteiger partial charge in [-0.2, -0.15) is 5.26 Å². The number of unbranched alkanes of at least 4 members (excludes halogenated alkanes) is 1. The van der Waals surface area contributed by atoms with Crippen molar-refractivity contribution in [3.63, 3.8) is 0 Å². The van der Waals surface area contributed by atoms with Crippen LogP contribution in [0.25, 0.3) is 11.1 Å². The van der Waals surface area contributed by atoms with Crippen molar-refractivity contribution in [1.82, 2.24) is 4.98 Å². The molecule has 3 heteroatoms. The predicted octanol–water partition coefficient (Wildman–Crippen LogP) is 6.44. The van der Waals surface area contributed by atoms with Gasteiger partial charge in [-0.1, -0.05) is 50.6 Å². The Labute approximate surface area is 168 Å². The maximum atomic E-state index is 8.99. The zero-order valence-corrected chi connectivity index (χ0v) is 16.8. The predicted molar refractivity (Wildman–Crippen MR) is 115 cm³/mol. The van der Waals surface area contributed by atoms with Crippen molar-refractivity contribution in [2.45, 2.75) is 39.5 Å². The number of ether oxygens (including phenoxy) is 1. The molecule has 1 aromatic heterocycles. The van der Waals surface area contributed by atoms with Crippen LogP contribution < -0.4 is 4.74 Å². The highest BCUT2D eigenvalue weighted by atomic mass is 16.5. The van der Waals surface area contributed by atoms with Crippen molar-refractivity contribution in [3.8, 4) is 22.9 Å². The number of rotatable bonds is 7. The number of hydrogen-bond donors (Lipinski definition) is 0. The van der Waals surface area contributed by atoms with E-state index in [1.54, 1.807) is 6.20 Å². The number of pyridine rings is 1. The van der Waals surface area contributed by atoms with Crippen molar-refractivity contribution >= 4 is 0 Å². The Kier molecular flexibility index (Phi) is 9.31.